The second-order valence-electron chi connectivity index (χ2n) is 7.51. The molecule has 1 N–H and O–H groups in total. The fourth-order valence-corrected chi connectivity index (χ4v) is 4.90. The molecule has 1 aliphatic rings. The summed E-state index contributed by atoms with van der Waals surface area (Å²) in [5, 5.41) is 0.0218. The number of pyridine rings is 1. The summed E-state index contributed by atoms with van der Waals surface area (Å²) in [4.78, 5) is 18.3. The Morgan fingerprint density at radius 1 is 1.18 bits per heavy atom. The van der Waals surface area contributed by atoms with Crippen molar-refractivity contribution in [3.63, 3.8) is 0 Å². The number of hydrogen-bond acceptors (Lipinski definition) is 6. The summed E-state index contributed by atoms with van der Waals surface area (Å²) in [5.41, 5.74) is 0.890. The van der Waals surface area contributed by atoms with E-state index in [1.807, 2.05) is 18.2 Å². The van der Waals surface area contributed by atoms with Crippen molar-refractivity contribution in [1.29, 1.82) is 0 Å². The summed E-state index contributed by atoms with van der Waals surface area (Å²) < 4.78 is 39.7. The van der Waals surface area contributed by atoms with E-state index in [4.69, 9.17) is 21.1 Å². The molecule has 2 heterocycles. The Bertz CT molecular complexity index is 1250. The average Bonchev–Trinajstić information content (AvgIpc) is 2.83. The van der Waals surface area contributed by atoms with Gasteiger partial charge in [-0.15, -0.1) is 0 Å². The third kappa shape index (κ3) is 5.44. The largest absolute Gasteiger partial charge is 0.486 e. The van der Waals surface area contributed by atoms with E-state index >= 15 is 0 Å². The van der Waals surface area contributed by atoms with E-state index in [2.05, 4.69) is 9.71 Å². The lowest BCUT2D eigenvalue weighted by Gasteiger charge is -2.29. The third-order valence-corrected chi connectivity index (χ3v) is 6.93. The first-order valence-corrected chi connectivity index (χ1v) is 12.0. The molecular weight excluding hydrogens is 466 g/mol. The first-order chi connectivity index (χ1) is 15.8. The van der Waals surface area contributed by atoms with Crippen molar-refractivity contribution in [2.24, 2.45) is 0 Å². The normalized spacial score (nSPS) is 15.2. The number of hydrogen-bond donors (Lipinski definition) is 1. The number of benzene rings is 2. The standard InChI is InChI=1S/C23H22ClN3O5S/c1-27(14-18-15-31-20-6-2-3-7-21(20)32-18)23(28)17-8-9-19(24)22(11-17)33(29,30)26-13-16-5-4-10-25-12-16/h2-12,18,26H,13-15H2,1H3. The van der Waals surface area contributed by atoms with Gasteiger partial charge in [0, 0.05) is 31.5 Å². The monoisotopic (exact) mass is 487 g/mol. The van der Waals surface area contributed by atoms with Gasteiger partial charge in [-0.05, 0) is 42.0 Å². The fourth-order valence-electron chi connectivity index (χ4n) is 3.36. The molecule has 0 fully saturated rings. The van der Waals surface area contributed by atoms with E-state index in [0.29, 0.717) is 23.7 Å². The van der Waals surface area contributed by atoms with E-state index in [9.17, 15) is 13.2 Å². The van der Waals surface area contributed by atoms with Crippen LogP contribution >= 0.6 is 11.6 Å². The molecule has 0 radical (unpaired) electrons. The first-order valence-electron chi connectivity index (χ1n) is 10.2. The predicted octanol–water partition coefficient (Wildman–Crippen LogP) is 3.13. The molecule has 2 aromatic carbocycles. The van der Waals surface area contributed by atoms with E-state index in [-0.39, 0.29) is 40.6 Å². The van der Waals surface area contributed by atoms with E-state index < -0.39 is 10.0 Å². The number of nitrogens with one attached hydrogen (secondary N) is 1. The maximum Gasteiger partial charge on any atom is 0.253 e. The SMILES string of the molecule is CN(CC1COc2ccccc2O1)C(=O)c1ccc(Cl)c(S(=O)(=O)NCc2cccnc2)c1. The summed E-state index contributed by atoms with van der Waals surface area (Å²) in [5.74, 6) is 0.918. The molecule has 4 rings (SSSR count). The maximum atomic E-state index is 13.0. The number of carbonyl (C=O) groups is 1. The Hall–Kier alpha value is -3.14. The summed E-state index contributed by atoms with van der Waals surface area (Å²) in [7, 11) is -2.34. The predicted molar refractivity (Wildman–Crippen MR) is 123 cm³/mol. The molecule has 1 unspecified atom stereocenters. The lowest BCUT2D eigenvalue weighted by molar-refractivity contribution is 0.0521. The molecule has 0 spiro atoms. The maximum absolute atomic E-state index is 13.0. The van der Waals surface area contributed by atoms with Crippen LogP contribution in [-0.2, 0) is 16.6 Å². The highest BCUT2D eigenvalue weighted by Crippen LogP contribution is 2.31. The number of ether oxygens (including phenoxy) is 2. The highest BCUT2D eigenvalue weighted by atomic mass is 35.5. The van der Waals surface area contributed by atoms with Crippen molar-refractivity contribution in [3.8, 4) is 11.5 Å². The minimum Gasteiger partial charge on any atom is -0.486 e. The van der Waals surface area contributed by atoms with E-state index in [1.54, 1.807) is 37.6 Å². The van der Waals surface area contributed by atoms with Crippen molar-refractivity contribution in [3.05, 3.63) is 83.1 Å². The Morgan fingerprint density at radius 3 is 2.73 bits per heavy atom. The van der Waals surface area contributed by atoms with Gasteiger partial charge in [-0.2, -0.15) is 0 Å². The highest BCUT2D eigenvalue weighted by molar-refractivity contribution is 7.89. The lowest BCUT2D eigenvalue weighted by Crippen LogP contribution is -2.41. The van der Waals surface area contributed by atoms with E-state index in [1.165, 1.54) is 23.1 Å². The minimum absolute atomic E-state index is 0.0218. The zero-order valence-electron chi connectivity index (χ0n) is 17.8. The molecule has 1 atom stereocenters. The lowest BCUT2D eigenvalue weighted by atomic mass is 10.2. The van der Waals surface area contributed by atoms with Gasteiger partial charge >= 0.3 is 0 Å². The molecule has 1 amide bonds. The number of carbonyl (C=O) groups excluding carboxylic acids is 1. The van der Waals surface area contributed by atoms with Crippen LogP contribution in [0.1, 0.15) is 15.9 Å². The van der Waals surface area contributed by atoms with Gasteiger partial charge in [-0.25, -0.2) is 13.1 Å². The fraction of sp³-hybridized carbons (Fsp3) is 0.217. The molecule has 33 heavy (non-hydrogen) atoms. The number of likely N-dealkylation sites (N-methyl/N-ethyl adjacent to an activating group) is 1. The molecule has 0 aliphatic carbocycles. The number of aromatic nitrogens is 1. The van der Waals surface area contributed by atoms with Crippen molar-refractivity contribution >= 4 is 27.5 Å². The smallest absolute Gasteiger partial charge is 0.253 e. The Labute approximate surface area is 197 Å². The highest BCUT2D eigenvalue weighted by Gasteiger charge is 2.26. The molecule has 3 aromatic rings. The number of halogens is 1. The minimum atomic E-state index is -3.96. The van der Waals surface area contributed by atoms with Gasteiger partial charge in [0.1, 0.15) is 11.5 Å². The Kier molecular flexibility index (Phi) is 6.83. The summed E-state index contributed by atoms with van der Waals surface area (Å²) in [6, 6.07) is 15.0. The Morgan fingerprint density at radius 2 is 1.97 bits per heavy atom. The molecule has 1 aliphatic heterocycles. The van der Waals surface area contributed by atoms with Crippen LogP contribution in [0, 0.1) is 0 Å². The number of para-hydroxylation sites is 2. The number of nitrogens with zero attached hydrogens (tertiary/aromatic N) is 2. The molecule has 172 valence electrons. The van der Waals surface area contributed by atoms with Gasteiger partial charge in [0.2, 0.25) is 10.0 Å². The van der Waals surface area contributed by atoms with Crippen LogP contribution < -0.4 is 14.2 Å². The van der Waals surface area contributed by atoms with Crippen molar-refractivity contribution in [2.75, 3.05) is 20.2 Å². The van der Waals surface area contributed by atoms with Gasteiger partial charge in [0.15, 0.2) is 17.6 Å². The first kappa shape index (κ1) is 23.0. The molecule has 8 nitrogen and oxygen atoms in total. The topological polar surface area (TPSA) is 97.8 Å². The zero-order chi connectivity index (χ0) is 23.4. The summed E-state index contributed by atoms with van der Waals surface area (Å²) in [6.45, 7) is 0.606. The van der Waals surface area contributed by atoms with Gasteiger partial charge in [0.25, 0.3) is 5.91 Å². The van der Waals surface area contributed by atoms with Crippen molar-refractivity contribution in [1.82, 2.24) is 14.6 Å². The van der Waals surface area contributed by atoms with Crippen LogP contribution in [0.5, 0.6) is 11.5 Å². The molecule has 1 aromatic heterocycles. The zero-order valence-corrected chi connectivity index (χ0v) is 19.3. The van der Waals surface area contributed by atoms with Gasteiger partial charge in [-0.1, -0.05) is 29.8 Å². The summed E-state index contributed by atoms with van der Waals surface area (Å²) >= 11 is 6.16. The molecule has 0 saturated carbocycles. The molecule has 0 bridgehead atoms. The summed E-state index contributed by atoms with van der Waals surface area (Å²) in [6.07, 6.45) is 2.81. The van der Waals surface area contributed by atoms with Gasteiger partial charge in [-0.3, -0.25) is 9.78 Å². The quantitative estimate of drug-likeness (QED) is 0.550. The van der Waals surface area contributed by atoms with Crippen LogP contribution in [0.4, 0.5) is 0 Å². The second-order valence-corrected chi connectivity index (χ2v) is 9.66. The van der Waals surface area contributed by atoms with Gasteiger partial charge < -0.3 is 14.4 Å². The number of amides is 1. The van der Waals surface area contributed by atoms with Crippen molar-refractivity contribution < 1.29 is 22.7 Å². The Balaban J connectivity index is 1.45. The van der Waals surface area contributed by atoms with Crippen molar-refractivity contribution in [2.45, 2.75) is 17.5 Å². The van der Waals surface area contributed by atoms with Crippen LogP contribution in [0.2, 0.25) is 5.02 Å². The van der Waals surface area contributed by atoms with Crippen LogP contribution in [0.25, 0.3) is 0 Å². The third-order valence-electron chi connectivity index (χ3n) is 5.05. The van der Waals surface area contributed by atoms with Crippen LogP contribution in [0.15, 0.2) is 71.9 Å². The molecule has 0 saturated heterocycles. The van der Waals surface area contributed by atoms with Gasteiger partial charge in [0.05, 0.1) is 11.6 Å². The number of rotatable bonds is 7. The number of fused-ring (bicyclic) bond motifs is 1. The van der Waals surface area contributed by atoms with Crippen LogP contribution in [-0.4, -0.2) is 50.5 Å². The average molecular weight is 488 g/mol. The van der Waals surface area contributed by atoms with E-state index in [0.717, 1.165) is 0 Å². The number of sulfonamides is 1. The second kappa shape index (κ2) is 9.78. The molecule has 10 heteroatoms. The van der Waals surface area contributed by atoms with Crippen LogP contribution in [0.3, 0.4) is 0 Å². The molecular formula is C23H22ClN3O5S.